The summed E-state index contributed by atoms with van der Waals surface area (Å²) < 4.78 is 30.7. The minimum absolute atomic E-state index is 0.0413. The smallest absolute Gasteiger partial charge is 0.387 e. The first-order valence-corrected chi connectivity index (χ1v) is 9.85. The molecule has 0 spiro atoms. The van der Waals surface area contributed by atoms with Crippen molar-refractivity contribution in [3.8, 4) is 5.75 Å². The molecule has 0 aliphatic heterocycles. The molecule has 8 nitrogen and oxygen atoms in total. The zero-order chi connectivity index (χ0) is 21.8. The molecule has 164 valence electrons. The lowest BCUT2D eigenvalue weighted by Crippen LogP contribution is -2.40. The van der Waals surface area contributed by atoms with Crippen LogP contribution < -0.4 is 21.5 Å². The summed E-state index contributed by atoms with van der Waals surface area (Å²) in [6.07, 6.45) is 4.51. The molecule has 1 aliphatic rings. The number of carbonyl (C=O) groups is 1. The average molecular weight is 422 g/mol. The molecule has 1 fully saturated rings. The summed E-state index contributed by atoms with van der Waals surface area (Å²) >= 11 is 0. The Bertz CT molecular complexity index is 855. The lowest BCUT2D eigenvalue weighted by Gasteiger charge is -2.38. The number of benzene rings is 1. The molecule has 1 saturated carbocycles. The highest BCUT2D eigenvalue weighted by Gasteiger charge is 2.33. The summed E-state index contributed by atoms with van der Waals surface area (Å²) in [7, 11) is 4.13. The number of hydrogen-bond acceptors (Lipinski definition) is 6. The summed E-state index contributed by atoms with van der Waals surface area (Å²) in [5.41, 5.74) is 12.4. The maximum Gasteiger partial charge on any atom is 0.387 e. The van der Waals surface area contributed by atoms with Crippen molar-refractivity contribution < 1.29 is 18.3 Å². The Kier molecular flexibility index (Phi) is 6.88. The van der Waals surface area contributed by atoms with Gasteiger partial charge in [-0.1, -0.05) is 0 Å². The van der Waals surface area contributed by atoms with Gasteiger partial charge in [0.2, 0.25) is 0 Å². The highest BCUT2D eigenvalue weighted by molar-refractivity contribution is 5.98. The van der Waals surface area contributed by atoms with Crippen LogP contribution in [0.25, 0.3) is 0 Å². The third kappa shape index (κ3) is 5.06. The molecule has 3 rings (SSSR count). The number of nitrogens with two attached hydrogens (primary N) is 2. The second-order valence-corrected chi connectivity index (χ2v) is 7.76. The topological polar surface area (TPSA) is 111 Å². The molecule has 0 radical (unpaired) electrons. The Morgan fingerprint density at radius 3 is 2.60 bits per heavy atom. The van der Waals surface area contributed by atoms with Crippen LogP contribution in [0, 0.1) is 5.92 Å². The number of nitrogens with zero attached hydrogens (tertiary/aromatic N) is 3. The number of halogens is 2. The van der Waals surface area contributed by atoms with Crippen LogP contribution in [0.5, 0.6) is 5.75 Å². The Hall–Kier alpha value is -2.72. The van der Waals surface area contributed by atoms with Crippen LogP contribution in [0.15, 0.2) is 30.5 Å². The third-order valence-electron chi connectivity index (χ3n) is 5.63. The van der Waals surface area contributed by atoms with Gasteiger partial charge >= 0.3 is 6.61 Å². The van der Waals surface area contributed by atoms with Crippen molar-refractivity contribution in [2.45, 2.75) is 38.0 Å². The first-order chi connectivity index (χ1) is 14.3. The van der Waals surface area contributed by atoms with Crippen LogP contribution in [-0.2, 0) is 0 Å². The van der Waals surface area contributed by atoms with Crippen molar-refractivity contribution in [2.24, 2.45) is 17.4 Å². The maximum absolute atomic E-state index is 12.3. The lowest BCUT2D eigenvalue weighted by atomic mass is 9.81. The van der Waals surface area contributed by atoms with E-state index in [1.807, 2.05) is 0 Å². The molecule has 10 heteroatoms. The van der Waals surface area contributed by atoms with Gasteiger partial charge < -0.3 is 26.4 Å². The number of alkyl halides is 2. The maximum atomic E-state index is 12.3. The molecule has 3 atom stereocenters. The van der Waals surface area contributed by atoms with Crippen molar-refractivity contribution >= 4 is 17.4 Å². The van der Waals surface area contributed by atoms with E-state index in [1.54, 1.807) is 23.0 Å². The Morgan fingerprint density at radius 1 is 1.33 bits per heavy atom. The van der Waals surface area contributed by atoms with Crippen molar-refractivity contribution in [1.82, 2.24) is 14.7 Å². The highest BCUT2D eigenvalue weighted by Crippen LogP contribution is 2.36. The van der Waals surface area contributed by atoms with E-state index in [9.17, 15) is 13.6 Å². The van der Waals surface area contributed by atoms with E-state index in [0.29, 0.717) is 24.1 Å². The predicted molar refractivity (Wildman–Crippen MR) is 110 cm³/mol. The Labute approximate surface area is 174 Å². The molecular weight excluding hydrogens is 394 g/mol. The number of carbonyl (C=O) groups excluding carboxylic acids is 1. The summed E-state index contributed by atoms with van der Waals surface area (Å²) in [5.74, 6) is -0.0201. The van der Waals surface area contributed by atoms with Crippen LogP contribution in [0.3, 0.4) is 0 Å². The van der Waals surface area contributed by atoms with Crippen LogP contribution in [-0.4, -0.2) is 53.9 Å². The molecule has 1 aromatic heterocycles. The second kappa shape index (κ2) is 9.40. The van der Waals surface area contributed by atoms with Gasteiger partial charge in [-0.05, 0) is 70.1 Å². The molecule has 0 bridgehead atoms. The van der Waals surface area contributed by atoms with Gasteiger partial charge in [-0.3, -0.25) is 9.48 Å². The molecule has 30 heavy (non-hydrogen) atoms. The number of primary amides is 1. The zero-order valence-corrected chi connectivity index (χ0v) is 17.1. The normalized spacial score (nSPS) is 21.8. The molecule has 0 saturated heterocycles. The van der Waals surface area contributed by atoms with E-state index in [-0.39, 0.29) is 23.3 Å². The third-order valence-corrected chi connectivity index (χ3v) is 5.63. The van der Waals surface area contributed by atoms with E-state index in [1.165, 1.54) is 12.1 Å². The van der Waals surface area contributed by atoms with Gasteiger partial charge in [0.25, 0.3) is 5.91 Å². The second-order valence-electron chi connectivity index (χ2n) is 7.76. The average Bonchev–Trinajstić information content (AvgIpc) is 3.12. The molecule has 1 heterocycles. The van der Waals surface area contributed by atoms with E-state index in [2.05, 4.69) is 34.1 Å². The number of anilines is 2. The summed E-state index contributed by atoms with van der Waals surface area (Å²) in [4.78, 5) is 14.2. The highest BCUT2D eigenvalue weighted by atomic mass is 19.3. The Morgan fingerprint density at radius 2 is 2.03 bits per heavy atom. The lowest BCUT2D eigenvalue weighted by molar-refractivity contribution is -0.0498. The summed E-state index contributed by atoms with van der Waals surface area (Å²) in [6.45, 7) is -2.37. The van der Waals surface area contributed by atoms with E-state index in [0.717, 1.165) is 19.3 Å². The van der Waals surface area contributed by atoms with Gasteiger partial charge in [0.15, 0.2) is 5.82 Å². The predicted octanol–water partition coefficient (Wildman–Crippen LogP) is 2.56. The van der Waals surface area contributed by atoms with Crippen LogP contribution in [0.1, 0.15) is 35.7 Å². The SMILES string of the molecule is CN(C)[C@@H]1CC[C@H](n2cc(C(N)=O)c(Nc3ccc(OC(F)F)cc3)n2)[C@@H](CN)C1. The number of amides is 1. The molecule has 1 aliphatic carbocycles. The number of ether oxygens (including phenoxy) is 1. The van der Waals surface area contributed by atoms with Crippen LogP contribution in [0.2, 0.25) is 0 Å². The van der Waals surface area contributed by atoms with Gasteiger partial charge in [-0.2, -0.15) is 13.9 Å². The minimum atomic E-state index is -2.89. The van der Waals surface area contributed by atoms with Crippen LogP contribution in [0.4, 0.5) is 20.3 Å². The summed E-state index contributed by atoms with van der Waals surface area (Å²) in [6, 6.07) is 6.47. The first-order valence-electron chi connectivity index (χ1n) is 9.85. The van der Waals surface area contributed by atoms with Gasteiger partial charge in [-0.15, -0.1) is 0 Å². The van der Waals surface area contributed by atoms with Crippen molar-refractivity contribution in [3.05, 3.63) is 36.0 Å². The van der Waals surface area contributed by atoms with E-state index >= 15 is 0 Å². The zero-order valence-electron chi connectivity index (χ0n) is 17.1. The van der Waals surface area contributed by atoms with Gasteiger partial charge in [0.05, 0.1) is 6.04 Å². The fourth-order valence-electron chi connectivity index (χ4n) is 3.98. The quantitative estimate of drug-likeness (QED) is 0.603. The summed E-state index contributed by atoms with van der Waals surface area (Å²) in [5, 5.41) is 7.61. The monoisotopic (exact) mass is 422 g/mol. The van der Waals surface area contributed by atoms with E-state index < -0.39 is 12.5 Å². The molecule has 0 unspecified atom stereocenters. The van der Waals surface area contributed by atoms with E-state index in [4.69, 9.17) is 11.5 Å². The van der Waals surface area contributed by atoms with Crippen molar-refractivity contribution in [2.75, 3.05) is 26.0 Å². The molecule has 1 amide bonds. The minimum Gasteiger partial charge on any atom is -0.435 e. The molecule has 2 aromatic rings. The first kappa shape index (κ1) is 22.0. The van der Waals surface area contributed by atoms with Gasteiger partial charge in [-0.25, -0.2) is 0 Å². The number of rotatable bonds is 8. The van der Waals surface area contributed by atoms with Crippen molar-refractivity contribution in [1.29, 1.82) is 0 Å². The molecule has 1 aromatic carbocycles. The number of nitrogens with one attached hydrogen (secondary N) is 1. The fraction of sp³-hybridized carbons (Fsp3) is 0.500. The van der Waals surface area contributed by atoms with Gasteiger partial charge in [0.1, 0.15) is 11.3 Å². The largest absolute Gasteiger partial charge is 0.435 e. The number of hydrogen-bond donors (Lipinski definition) is 3. The molecular formula is C20H28F2N6O2. The van der Waals surface area contributed by atoms with Crippen LogP contribution >= 0.6 is 0 Å². The molecule has 5 N–H and O–H groups in total. The van der Waals surface area contributed by atoms with Gasteiger partial charge in [0, 0.05) is 17.9 Å². The standard InChI is InChI=1S/C20H28F2N6O2/c1-27(2)14-5-8-17(12(9-14)10-23)28-11-16(18(24)29)19(26-28)25-13-3-6-15(7-4-13)30-20(21)22/h3-4,6-7,11-12,14,17,20H,5,8-10,23H2,1-2H3,(H2,24,29)(H,25,26)/t12-,14-,17+/m1/s1. The Balaban J connectivity index is 1.80. The number of aromatic nitrogens is 2. The fourth-order valence-corrected chi connectivity index (χ4v) is 3.98. The van der Waals surface area contributed by atoms with Crippen molar-refractivity contribution in [3.63, 3.8) is 0 Å².